The van der Waals surface area contributed by atoms with Gasteiger partial charge < -0.3 is 2.85 Å². The van der Waals surface area contributed by atoms with Crippen molar-refractivity contribution in [2.24, 2.45) is 0 Å². The molecule has 0 aromatic heterocycles. The Morgan fingerprint density at radius 2 is 1.50 bits per heavy atom. The van der Waals surface area contributed by atoms with Crippen molar-refractivity contribution in [3.05, 3.63) is 0 Å². The molecule has 0 aliphatic rings. The number of rotatable bonds is 0. The normalized spacial score (nSPS) is 1.50. The summed E-state index contributed by atoms with van der Waals surface area (Å²) in [5.74, 6) is 0. The molecule has 0 fully saturated rings. The average molecular weight is 201 g/mol. The molecule has 0 unspecified atom stereocenters. The molecule has 4 heteroatoms. The van der Waals surface area contributed by atoms with E-state index < -0.39 is 0 Å². The zero-order valence-corrected chi connectivity index (χ0v) is 6.08. The van der Waals surface area contributed by atoms with Crippen LogP contribution in [0.3, 0.4) is 0 Å². The van der Waals surface area contributed by atoms with Crippen molar-refractivity contribution in [2.45, 2.75) is 0 Å². The monoisotopic (exact) mass is 200 g/mol. The molecule has 0 atom stereocenters. The molecule has 4 heavy (non-hydrogen) atoms. The second kappa shape index (κ2) is 21.7. The molecule has 0 aromatic carbocycles. The number of hydrogen-bond acceptors (Lipinski definition) is 1. The summed E-state index contributed by atoms with van der Waals surface area (Å²) >= 11 is 1.50. The molecule has 0 heterocycles. The zero-order chi connectivity index (χ0) is 2.00. The zero-order valence-electron chi connectivity index (χ0n) is 3.84. The summed E-state index contributed by atoms with van der Waals surface area (Å²) in [6, 6.07) is 0. The van der Waals surface area contributed by atoms with Gasteiger partial charge in [-0.1, -0.05) is 0 Å². The average Bonchev–Trinajstić information content (AvgIpc) is 1.00. The fourth-order valence-corrected chi connectivity index (χ4v) is 0. The molecular formula is H2CrMgOPd. The second-order valence-electron chi connectivity index (χ2n) is 0. The summed E-state index contributed by atoms with van der Waals surface area (Å²) in [6.07, 6.45) is 0. The van der Waals surface area contributed by atoms with Crippen LogP contribution < -0.4 is 0 Å². The van der Waals surface area contributed by atoms with Gasteiger partial charge in [0.1, 0.15) is 0 Å². The van der Waals surface area contributed by atoms with Crippen molar-refractivity contribution in [3.8, 4) is 0 Å². The van der Waals surface area contributed by atoms with Crippen LogP contribution in [0.25, 0.3) is 0 Å². The predicted molar refractivity (Wildman–Crippen MR) is 8.66 cm³/mol. The van der Waals surface area contributed by atoms with Crippen molar-refractivity contribution < 1.29 is 42.8 Å². The van der Waals surface area contributed by atoms with Gasteiger partial charge in [-0.3, -0.25) is 0 Å². The summed E-state index contributed by atoms with van der Waals surface area (Å²) in [6.45, 7) is 0. The molecule has 0 N–H and O–H groups in total. The van der Waals surface area contributed by atoms with Gasteiger partial charge in [-0.25, -0.2) is 0 Å². The van der Waals surface area contributed by atoms with Crippen LogP contribution >= 0.6 is 0 Å². The Labute approximate surface area is 65.5 Å². The first-order valence-corrected chi connectivity index (χ1v) is 0.764. The van der Waals surface area contributed by atoms with Gasteiger partial charge in [0, 0.05) is 17.4 Å². The van der Waals surface area contributed by atoms with E-state index in [1.807, 2.05) is 0 Å². The second-order valence-corrected chi connectivity index (χ2v) is 0. The van der Waals surface area contributed by atoms with Crippen molar-refractivity contribution in [3.63, 3.8) is 0 Å². The molecule has 0 aliphatic carbocycles. The molecule has 0 radical (unpaired) electrons. The van der Waals surface area contributed by atoms with E-state index in [0.717, 1.165) is 0 Å². The Bertz CT molecular complexity index is 13.5. The van der Waals surface area contributed by atoms with Crippen LogP contribution in [0.4, 0.5) is 0 Å². The Morgan fingerprint density at radius 3 is 1.50 bits per heavy atom. The van der Waals surface area contributed by atoms with Gasteiger partial charge in [-0.2, -0.15) is 0 Å². The van der Waals surface area contributed by atoms with E-state index in [9.17, 15) is 0 Å². The van der Waals surface area contributed by atoms with E-state index >= 15 is 0 Å². The topological polar surface area (TPSA) is 17.1 Å². The summed E-state index contributed by atoms with van der Waals surface area (Å²) in [4.78, 5) is 0. The van der Waals surface area contributed by atoms with Gasteiger partial charge in [0.2, 0.25) is 0 Å². The molecular weight excluding hydrogens is 199 g/mol. The van der Waals surface area contributed by atoms with Crippen molar-refractivity contribution >= 4 is 23.1 Å². The maximum absolute atomic E-state index is 8.10. The molecule has 0 saturated carbocycles. The van der Waals surface area contributed by atoms with Gasteiger partial charge in [0.25, 0.3) is 0 Å². The molecule has 26 valence electrons. The van der Waals surface area contributed by atoms with Crippen LogP contribution in [0, 0.1) is 0 Å². The SMILES string of the molecule is [Cr].[H-].[H-].[Mg+2].[O]=[Pd]. The van der Waals surface area contributed by atoms with Crippen molar-refractivity contribution in [1.82, 2.24) is 0 Å². The molecule has 0 bridgehead atoms. The van der Waals surface area contributed by atoms with Gasteiger partial charge in [-0.15, -0.1) is 0 Å². The maximum atomic E-state index is 8.10. The van der Waals surface area contributed by atoms with Crippen LogP contribution in [-0.4, -0.2) is 23.1 Å². The minimum absolute atomic E-state index is 0. The quantitative estimate of drug-likeness (QED) is 0.492. The molecule has 0 amide bonds. The summed E-state index contributed by atoms with van der Waals surface area (Å²) < 4.78 is 8.10. The third kappa shape index (κ3) is 9.25. The van der Waals surface area contributed by atoms with Crippen LogP contribution in [0.2, 0.25) is 0 Å². The fraction of sp³-hybridized carbons (Fsp3) is 0. The molecule has 1 nitrogen and oxygen atoms in total. The van der Waals surface area contributed by atoms with E-state index in [4.69, 9.17) is 3.47 Å². The van der Waals surface area contributed by atoms with Crippen molar-refractivity contribution in [1.29, 1.82) is 0 Å². The first kappa shape index (κ1) is 17.1. The summed E-state index contributed by atoms with van der Waals surface area (Å²) in [7, 11) is 0. The first-order chi connectivity index (χ1) is 1.00. The molecule has 0 aromatic rings. The van der Waals surface area contributed by atoms with E-state index in [1.165, 1.54) is 19.2 Å². The Balaban J connectivity index is -0.000000000833. The summed E-state index contributed by atoms with van der Waals surface area (Å²) in [5, 5.41) is 0. The Morgan fingerprint density at radius 1 is 1.50 bits per heavy atom. The first-order valence-electron chi connectivity index (χ1n) is 0.129. The van der Waals surface area contributed by atoms with E-state index in [-0.39, 0.29) is 43.3 Å². The van der Waals surface area contributed by atoms with Gasteiger partial charge in [0.05, 0.1) is 0 Å². The Kier molecular flexibility index (Phi) is 93.0. The standard InChI is InChI=1S/Cr.Mg.O.Pd.2H/q;+2;;;2*-1. The minimum atomic E-state index is 0. The van der Waals surface area contributed by atoms with Crippen LogP contribution in [0.5, 0.6) is 0 Å². The molecule has 0 rings (SSSR count). The van der Waals surface area contributed by atoms with E-state index in [1.54, 1.807) is 0 Å². The van der Waals surface area contributed by atoms with Gasteiger partial charge in [0.15, 0.2) is 0 Å². The Hall–Kier alpha value is 1.76. The van der Waals surface area contributed by atoms with E-state index in [2.05, 4.69) is 0 Å². The van der Waals surface area contributed by atoms with E-state index in [0.29, 0.717) is 0 Å². The summed E-state index contributed by atoms with van der Waals surface area (Å²) in [5.41, 5.74) is 0. The van der Waals surface area contributed by atoms with Crippen LogP contribution in [-0.2, 0) is 40.0 Å². The van der Waals surface area contributed by atoms with Gasteiger partial charge in [-0.05, 0) is 0 Å². The number of hydrogen-bond donors (Lipinski definition) is 0. The van der Waals surface area contributed by atoms with Crippen molar-refractivity contribution in [2.75, 3.05) is 0 Å². The molecule has 0 spiro atoms. The third-order valence-corrected chi connectivity index (χ3v) is 0. The molecule has 0 saturated heterocycles. The van der Waals surface area contributed by atoms with Crippen LogP contribution in [0.15, 0.2) is 0 Å². The third-order valence-electron chi connectivity index (χ3n) is 0. The van der Waals surface area contributed by atoms with Crippen LogP contribution in [0.1, 0.15) is 2.85 Å². The molecule has 0 aliphatic heterocycles. The van der Waals surface area contributed by atoms with Gasteiger partial charge >= 0.3 is 45.7 Å². The predicted octanol–water partition coefficient (Wildman–Crippen LogP) is -0.280. The fourth-order valence-electron chi connectivity index (χ4n) is 0.